The lowest BCUT2D eigenvalue weighted by Crippen LogP contribution is -1.85. The summed E-state index contributed by atoms with van der Waals surface area (Å²) in [5.74, 6) is 0.754. The van der Waals surface area contributed by atoms with Crippen LogP contribution in [-0.2, 0) is 5.88 Å². The molecule has 1 nitrogen and oxygen atoms in total. The van der Waals surface area contributed by atoms with Crippen molar-refractivity contribution in [1.82, 2.24) is 0 Å². The summed E-state index contributed by atoms with van der Waals surface area (Å²) in [7, 11) is 0. The van der Waals surface area contributed by atoms with E-state index in [4.69, 9.17) is 11.6 Å². The van der Waals surface area contributed by atoms with E-state index in [1.54, 1.807) is 6.07 Å². The zero-order valence-electron chi connectivity index (χ0n) is 5.44. The molecule has 0 unspecified atom stereocenters. The second-order valence-corrected chi connectivity index (χ2v) is 4.62. The van der Waals surface area contributed by atoms with Crippen molar-refractivity contribution in [1.29, 1.82) is 0 Å². The van der Waals surface area contributed by atoms with Crippen LogP contribution in [0.2, 0.25) is 0 Å². The second kappa shape index (κ2) is 4.13. The van der Waals surface area contributed by atoms with E-state index in [2.05, 4.69) is 45.2 Å². The minimum absolute atomic E-state index is 0.307. The number of benzene rings is 1. The Morgan fingerprint density at radius 3 is 2.45 bits per heavy atom. The monoisotopic (exact) mass is 394 g/mol. The fourth-order valence-corrected chi connectivity index (χ4v) is 2.85. The molecule has 0 fully saturated rings. The van der Waals surface area contributed by atoms with Crippen LogP contribution in [0.5, 0.6) is 5.75 Å². The molecule has 4 heteroatoms. The van der Waals surface area contributed by atoms with Gasteiger partial charge in [0.25, 0.3) is 0 Å². The maximum Gasteiger partial charge on any atom is 0.129 e. The molecular weight excluding hydrogens is 389 g/mol. The lowest BCUT2D eigenvalue weighted by atomic mass is 10.2. The molecule has 1 aromatic rings. The minimum atomic E-state index is 0.307. The number of halogens is 3. The van der Waals surface area contributed by atoms with Crippen molar-refractivity contribution < 1.29 is 5.11 Å². The molecule has 0 radical (unpaired) electrons. The van der Waals surface area contributed by atoms with Gasteiger partial charge in [-0.05, 0) is 62.9 Å². The van der Waals surface area contributed by atoms with Crippen LogP contribution in [-0.4, -0.2) is 5.11 Å². The largest absolute Gasteiger partial charge is 0.507 e. The first kappa shape index (κ1) is 9.85. The lowest BCUT2D eigenvalue weighted by molar-refractivity contribution is 0.471. The number of hydrogen-bond donors (Lipinski definition) is 1. The van der Waals surface area contributed by atoms with E-state index in [1.807, 2.05) is 6.07 Å². The van der Waals surface area contributed by atoms with E-state index in [1.165, 1.54) is 0 Å². The van der Waals surface area contributed by atoms with Gasteiger partial charge in [-0.15, -0.1) is 11.6 Å². The van der Waals surface area contributed by atoms with Gasteiger partial charge in [-0.1, -0.05) is 0 Å². The summed E-state index contributed by atoms with van der Waals surface area (Å²) in [6.07, 6.45) is 0. The van der Waals surface area contributed by atoms with Crippen LogP contribution in [0, 0.1) is 7.14 Å². The third-order valence-electron chi connectivity index (χ3n) is 1.26. The molecule has 0 aliphatic heterocycles. The maximum absolute atomic E-state index is 9.29. The van der Waals surface area contributed by atoms with E-state index in [9.17, 15) is 5.11 Å². The molecule has 0 heterocycles. The van der Waals surface area contributed by atoms with E-state index in [0.717, 1.165) is 12.7 Å². The van der Waals surface area contributed by atoms with Crippen LogP contribution >= 0.6 is 56.8 Å². The molecule has 0 amide bonds. The Kier molecular flexibility index (Phi) is 3.70. The standard InChI is InChI=1S/C7H5ClI2O/c8-3-4-1-7(11)6(10)2-5(4)9/h1-2,11H,3H2. The Labute approximate surface area is 97.4 Å². The fraction of sp³-hybridized carbons (Fsp3) is 0.143. The van der Waals surface area contributed by atoms with Gasteiger partial charge in [0.15, 0.2) is 0 Å². The SMILES string of the molecule is Oc1cc(CCl)c(I)cc1I. The summed E-state index contributed by atoms with van der Waals surface area (Å²) in [6, 6.07) is 3.62. The van der Waals surface area contributed by atoms with Gasteiger partial charge in [-0.3, -0.25) is 0 Å². The second-order valence-electron chi connectivity index (χ2n) is 2.03. The molecular formula is C7H5ClI2O. The lowest BCUT2D eigenvalue weighted by Gasteiger charge is -2.02. The quantitative estimate of drug-likeness (QED) is 0.572. The van der Waals surface area contributed by atoms with Gasteiger partial charge in [0.05, 0.1) is 3.57 Å². The molecule has 0 bridgehead atoms. The molecule has 60 valence electrons. The van der Waals surface area contributed by atoms with E-state index < -0.39 is 0 Å². The van der Waals surface area contributed by atoms with Crippen molar-refractivity contribution in [3.05, 3.63) is 24.8 Å². The van der Waals surface area contributed by atoms with Gasteiger partial charge in [0, 0.05) is 9.45 Å². The third-order valence-corrected chi connectivity index (χ3v) is 3.42. The van der Waals surface area contributed by atoms with Crippen molar-refractivity contribution in [2.24, 2.45) is 0 Å². The number of phenols is 1. The Bertz CT molecular complexity index is 275. The van der Waals surface area contributed by atoms with E-state index >= 15 is 0 Å². The average molecular weight is 394 g/mol. The van der Waals surface area contributed by atoms with Crippen LogP contribution in [0.15, 0.2) is 12.1 Å². The third kappa shape index (κ3) is 2.35. The van der Waals surface area contributed by atoms with Crippen LogP contribution in [0.25, 0.3) is 0 Å². The molecule has 0 saturated heterocycles. The topological polar surface area (TPSA) is 20.2 Å². The first-order chi connectivity index (χ1) is 5.15. The Morgan fingerprint density at radius 2 is 1.91 bits per heavy atom. The van der Waals surface area contributed by atoms with Crippen molar-refractivity contribution in [2.45, 2.75) is 5.88 Å². The van der Waals surface area contributed by atoms with Crippen LogP contribution < -0.4 is 0 Å². The van der Waals surface area contributed by atoms with Gasteiger partial charge < -0.3 is 5.11 Å². The zero-order valence-corrected chi connectivity index (χ0v) is 10.5. The van der Waals surface area contributed by atoms with Gasteiger partial charge in [-0.2, -0.15) is 0 Å². The van der Waals surface area contributed by atoms with E-state index in [-0.39, 0.29) is 0 Å². The summed E-state index contributed by atoms with van der Waals surface area (Å²) in [4.78, 5) is 0. The van der Waals surface area contributed by atoms with Gasteiger partial charge >= 0.3 is 0 Å². The molecule has 1 N–H and O–H groups in total. The maximum atomic E-state index is 9.29. The Morgan fingerprint density at radius 1 is 1.27 bits per heavy atom. The molecule has 0 atom stereocenters. The summed E-state index contributed by atoms with van der Waals surface area (Å²) in [5, 5.41) is 9.29. The van der Waals surface area contributed by atoms with Crippen molar-refractivity contribution in [3.63, 3.8) is 0 Å². The molecule has 1 rings (SSSR count). The summed E-state index contributed by atoms with van der Waals surface area (Å²) >= 11 is 9.93. The normalized spacial score (nSPS) is 10.1. The highest BCUT2D eigenvalue weighted by Gasteiger charge is 2.03. The number of aromatic hydroxyl groups is 1. The zero-order chi connectivity index (χ0) is 8.43. The molecule has 0 aliphatic carbocycles. The highest BCUT2D eigenvalue weighted by Crippen LogP contribution is 2.25. The van der Waals surface area contributed by atoms with Crippen molar-refractivity contribution >= 4 is 56.8 Å². The van der Waals surface area contributed by atoms with Crippen molar-refractivity contribution in [3.8, 4) is 5.75 Å². The highest BCUT2D eigenvalue weighted by molar-refractivity contribution is 14.1. The fourth-order valence-electron chi connectivity index (χ4n) is 0.683. The Hall–Kier alpha value is 0.770. The van der Waals surface area contributed by atoms with Gasteiger partial charge in [-0.25, -0.2) is 0 Å². The van der Waals surface area contributed by atoms with Crippen molar-refractivity contribution in [2.75, 3.05) is 0 Å². The summed E-state index contributed by atoms with van der Waals surface area (Å²) in [6.45, 7) is 0. The molecule has 11 heavy (non-hydrogen) atoms. The van der Waals surface area contributed by atoms with Gasteiger partial charge in [0.2, 0.25) is 0 Å². The summed E-state index contributed by atoms with van der Waals surface area (Å²) in [5.41, 5.74) is 0.977. The predicted octanol–water partition coefficient (Wildman–Crippen LogP) is 3.34. The number of alkyl halides is 1. The summed E-state index contributed by atoms with van der Waals surface area (Å²) < 4.78 is 1.96. The van der Waals surface area contributed by atoms with E-state index in [0.29, 0.717) is 11.6 Å². The van der Waals surface area contributed by atoms with Crippen LogP contribution in [0.1, 0.15) is 5.56 Å². The number of rotatable bonds is 1. The Balaban J connectivity index is 3.21. The first-order valence-corrected chi connectivity index (χ1v) is 5.57. The molecule has 0 aliphatic rings. The van der Waals surface area contributed by atoms with Crippen LogP contribution in [0.3, 0.4) is 0 Å². The number of hydrogen-bond acceptors (Lipinski definition) is 1. The van der Waals surface area contributed by atoms with Crippen LogP contribution in [0.4, 0.5) is 0 Å². The average Bonchev–Trinajstić information content (AvgIpc) is 1.97. The number of phenolic OH excluding ortho intramolecular Hbond substituents is 1. The highest BCUT2D eigenvalue weighted by atomic mass is 127. The molecule has 0 spiro atoms. The van der Waals surface area contributed by atoms with Gasteiger partial charge in [0.1, 0.15) is 5.75 Å². The predicted molar refractivity (Wildman–Crippen MR) is 63.1 cm³/mol. The molecule has 0 saturated carbocycles. The minimum Gasteiger partial charge on any atom is -0.507 e. The molecule has 1 aromatic carbocycles. The smallest absolute Gasteiger partial charge is 0.129 e. The first-order valence-electron chi connectivity index (χ1n) is 2.88. The molecule has 0 aromatic heterocycles.